The first-order chi connectivity index (χ1) is 5.35. The molecule has 0 aliphatic heterocycles. The maximum atomic E-state index is 2.21. The van der Waals surface area contributed by atoms with Crippen LogP contribution >= 0.6 is 0 Å². The van der Waals surface area contributed by atoms with Crippen LogP contribution in [-0.2, 0) is 0 Å². The summed E-state index contributed by atoms with van der Waals surface area (Å²) in [5.74, 6) is 0. The Morgan fingerprint density at radius 3 is 2.00 bits per heavy atom. The minimum absolute atomic E-state index is 1.13. The molecule has 0 aliphatic carbocycles. The Morgan fingerprint density at radius 2 is 1.64 bits per heavy atom. The number of unbranched alkanes of at least 4 members (excludes halogenated alkanes) is 1. The van der Waals surface area contributed by atoms with Crippen LogP contribution in [0.5, 0.6) is 0 Å². The van der Waals surface area contributed by atoms with Crippen molar-refractivity contribution in [3.8, 4) is 0 Å². The summed E-state index contributed by atoms with van der Waals surface area (Å²) in [5, 5.41) is 0. The lowest BCUT2D eigenvalue weighted by Crippen LogP contribution is -2.10. The second-order valence-electron chi connectivity index (χ2n) is 2.56. The average molecular weight is 153 g/mol. The largest absolute Gasteiger partial charge is 0.355 e. The van der Waals surface area contributed by atoms with E-state index in [1.165, 1.54) is 12.8 Å². The van der Waals surface area contributed by atoms with Crippen LogP contribution in [0.4, 0.5) is 0 Å². The van der Waals surface area contributed by atoms with Gasteiger partial charge in [0.1, 0.15) is 0 Å². The standard InChI is InChI=1S/C10H19N/c1-4-7-10-11(8-5-2)9-6-3/h5-6,8-9H,4,7,10H2,1-3H3/b8-5-,9-6-. The molecule has 0 aromatic heterocycles. The Kier molecular flexibility index (Phi) is 6.90. The summed E-state index contributed by atoms with van der Waals surface area (Å²) < 4.78 is 0. The third-order valence-corrected chi connectivity index (χ3v) is 1.45. The van der Waals surface area contributed by atoms with Gasteiger partial charge in [-0.05, 0) is 32.7 Å². The Morgan fingerprint density at radius 1 is 1.09 bits per heavy atom. The molecule has 0 N–H and O–H groups in total. The lowest BCUT2D eigenvalue weighted by atomic mass is 10.3. The van der Waals surface area contributed by atoms with Crippen LogP contribution in [0, 0.1) is 0 Å². The molecular weight excluding hydrogens is 134 g/mol. The van der Waals surface area contributed by atoms with Crippen LogP contribution in [0.2, 0.25) is 0 Å². The van der Waals surface area contributed by atoms with Crippen LogP contribution in [0.25, 0.3) is 0 Å². The zero-order valence-electron chi connectivity index (χ0n) is 7.88. The normalized spacial score (nSPS) is 11.5. The highest BCUT2D eigenvalue weighted by Gasteiger charge is 1.90. The predicted molar refractivity (Wildman–Crippen MR) is 51.2 cm³/mol. The van der Waals surface area contributed by atoms with Gasteiger partial charge in [0.25, 0.3) is 0 Å². The van der Waals surface area contributed by atoms with Crippen LogP contribution in [-0.4, -0.2) is 11.4 Å². The minimum Gasteiger partial charge on any atom is -0.355 e. The van der Waals surface area contributed by atoms with Crippen molar-refractivity contribution in [1.29, 1.82) is 0 Å². The molecule has 0 saturated heterocycles. The summed E-state index contributed by atoms with van der Waals surface area (Å²) in [6, 6.07) is 0. The van der Waals surface area contributed by atoms with E-state index >= 15 is 0 Å². The minimum atomic E-state index is 1.13. The van der Waals surface area contributed by atoms with Gasteiger partial charge in [0, 0.05) is 6.54 Å². The van der Waals surface area contributed by atoms with Gasteiger partial charge in [-0.25, -0.2) is 0 Å². The number of rotatable bonds is 5. The van der Waals surface area contributed by atoms with Gasteiger partial charge in [-0.2, -0.15) is 0 Å². The van der Waals surface area contributed by atoms with Crippen molar-refractivity contribution in [2.24, 2.45) is 0 Å². The molecule has 0 spiro atoms. The van der Waals surface area contributed by atoms with E-state index in [-0.39, 0.29) is 0 Å². The zero-order valence-corrected chi connectivity index (χ0v) is 7.88. The molecule has 0 amide bonds. The number of allylic oxidation sites excluding steroid dienone is 2. The Hall–Kier alpha value is -0.720. The van der Waals surface area contributed by atoms with Crippen LogP contribution < -0.4 is 0 Å². The smallest absolute Gasteiger partial charge is 0.0219 e. The molecule has 0 aliphatic rings. The number of hydrogen-bond acceptors (Lipinski definition) is 1. The molecule has 0 unspecified atom stereocenters. The van der Waals surface area contributed by atoms with Crippen LogP contribution in [0.1, 0.15) is 33.6 Å². The van der Waals surface area contributed by atoms with Crippen molar-refractivity contribution in [2.45, 2.75) is 33.6 Å². The highest BCUT2D eigenvalue weighted by molar-refractivity contribution is 4.88. The van der Waals surface area contributed by atoms with Crippen molar-refractivity contribution in [1.82, 2.24) is 4.90 Å². The molecule has 1 nitrogen and oxygen atoms in total. The monoisotopic (exact) mass is 153 g/mol. The van der Waals surface area contributed by atoms with E-state index in [1.807, 2.05) is 13.8 Å². The third kappa shape index (κ3) is 5.71. The van der Waals surface area contributed by atoms with E-state index in [1.54, 1.807) is 0 Å². The summed E-state index contributed by atoms with van der Waals surface area (Å²) in [5.41, 5.74) is 0. The molecule has 0 aromatic carbocycles. The fourth-order valence-electron chi connectivity index (χ4n) is 0.922. The van der Waals surface area contributed by atoms with Crippen LogP contribution in [0.3, 0.4) is 0 Å². The number of hydrogen-bond donors (Lipinski definition) is 0. The Balaban J connectivity index is 3.69. The van der Waals surface area contributed by atoms with Crippen molar-refractivity contribution in [3.05, 3.63) is 24.6 Å². The first kappa shape index (κ1) is 10.3. The molecule has 0 fully saturated rings. The van der Waals surface area contributed by atoms with Crippen molar-refractivity contribution >= 4 is 0 Å². The van der Waals surface area contributed by atoms with E-state index < -0.39 is 0 Å². The summed E-state index contributed by atoms with van der Waals surface area (Å²) in [4.78, 5) is 2.21. The maximum Gasteiger partial charge on any atom is 0.0219 e. The van der Waals surface area contributed by atoms with Crippen LogP contribution in [0.15, 0.2) is 24.6 Å². The Labute approximate surface area is 70.4 Å². The second kappa shape index (κ2) is 7.39. The summed E-state index contributed by atoms with van der Waals surface area (Å²) in [6.45, 7) is 7.43. The van der Waals surface area contributed by atoms with Crippen molar-refractivity contribution < 1.29 is 0 Å². The highest BCUT2D eigenvalue weighted by atomic mass is 15.1. The van der Waals surface area contributed by atoms with E-state index in [9.17, 15) is 0 Å². The summed E-state index contributed by atoms with van der Waals surface area (Å²) in [6.07, 6.45) is 10.9. The second-order valence-corrected chi connectivity index (χ2v) is 2.56. The quantitative estimate of drug-likeness (QED) is 0.586. The third-order valence-electron chi connectivity index (χ3n) is 1.45. The van der Waals surface area contributed by atoms with E-state index in [0.29, 0.717) is 0 Å². The molecule has 0 atom stereocenters. The fourth-order valence-corrected chi connectivity index (χ4v) is 0.922. The summed E-state index contributed by atoms with van der Waals surface area (Å²) in [7, 11) is 0. The van der Waals surface area contributed by atoms with Crippen molar-refractivity contribution in [2.75, 3.05) is 6.54 Å². The molecular formula is C10H19N. The molecule has 64 valence electrons. The SMILES string of the molecule is C/C=C\N(/C=C\C)CCCC. The highest BCUT2D eigenvalue weighted by Crippen LogP contribution is 1.96. The number of nitrogens with zero attached hydrogens (tertiary/aromatic N) is 1. The molecule has 0 saturated carbocycles. The molecule has 0 heterocycles. The first-order valence-electron chi connectivity index (χ1n) is 4.36. The topological polar surface area (TPSA) is 3.24 Å². The molecule has 0 radical (unpaired) electrons. The van der Waals surface area contributed by atoms with Crippen molar-refractivity contribution in [3.63, 3.8) is 0 Å². The van der Waals surface area contributed by atoms with E-state index in [0.717, 1.165) is 6.54 Å². The van der Waals surface area contributed by atoms with E-state index in [4.69, 9.17) is 0 Å². The summed E-state index contributed by atoms with van der Waals surface area (Å²) >= 11 is 0. The van der Waals surface area contributed by atoms with Gasteiger partial charge in [-0.1, -0.05) is 25.5 Å². The van der Waals surface area contributed by atoms with Gasteiger partial charge < -0.3 is 4.90 Å². The molecule has 11 heavy (non-hydrogen) atoms. The van der Waals surface area contributed by atoms with Gasteiger partial charge in [0.05, 0.1) is 0 Å². The lowest BCUT2D eigenvalue weighted by molar-refractivity contribution is 0.484. The van der Waals surface area contributed by atoms with E-state index in [2.05, 4.69) is 36.4 Å². The average Bonchev–Trinajstić information content (AvgIpc) is 2.01. The maximum absolute atomic E-state index is 2.21. The molecule has 0 rings (SSSR count). The Bertz CT molecular complexity index is 113. The van der Waals surface area contributed by atoms with Gasteiger partial charge in [0.2, 0.25) is 0 Å². The lowest BCUT2D eigenvalue weighted by Gasteiger charge is -2.13. The van der Waals surface area contributed by atoms with Gasteiger partial charge >= 0.3 is 0 Å². The van der Waals surface area contributed by atoms with Gasteiger partial charge in [-0.3, -0.25) is 0 Å². The first-order valence-corrected chi connectivity index (χ1v) is 4.36. The fraction of sp³-hybridized carbons (Fsp3) is 0.600. The molecule has 0 aromatic rings. The van der Waals surface area contributed by atoms with Gasteiger partial charge in [0.15, 0.2) is 0 Å². The zero-order chi connectivity index (χ0) is 8.53. The predicted octanol–water partition coefficient (Wildman–Crippen LogP) is 3.16. The van der Waals surface area contributed by atoms with Gasteiger partial charge in [-0.15, -0.1) is 0 Å². The molecule has 0 bridgehead atoms. The molecule has 1 heteroatoms.